The second-order valence-corrected chi connectivity index (χ2v) is 4.38. The maximum Gasteiger partial charge on any atom is 0.323 e. The van der Waals surface area contributed by atoms with Crippen LogP contribution in [0.1, 0.15) is 34.1 Å². The second-order valence-electron chi connectivity index (χ2n) is 4.38. The van der Waals surface area contributed by atoms with E-state index in [1.807, 2.05) is 13.8 Å². The molecule has 0 aliphatic carbocycles. The molecule has 3 heteroatoms. The average molecular weight is 201 g/mol. The molecule has 1 N–H and O–H groups in total. The number of esters is 1. The van der Waals surface area contributed by atoms with Crippen LogP contribution in [0.4, 0.5) is 0 Å². The van der Waals surface area contributed by atoms with Crippen molar-refractivity contribution in [1.29, 1.82) is 0 Å². The molecule has 14 heavy (non-hydrogen) atoms. The van der Waals surface area contributed by atoms with Crippen LogP contribution in [0.25, 0.3) is 0 Å². The van der Waals surface area contributed by atoms with E-state index < -0.39 is 0 Å². The van der Waals surface area contributed by atoms with E-state index in [-0.39, 0.29) is 17.9 Å². The van der Waals surface area contributed by atoms with Crippen LogP contribution in [0.3, 0.4) is 0 Å². The maximum absolute atomic E-state index is 11.3. The van der Waals surface area contributed by atoms with E-state index in [0.29, 0.717) is 5.92 Å². The summed E-state index contributed by atoms with van der Waals surface area (Å²) < 4.78 is 4.73. The molecule has 0 heterocycles. The molecule has 0 aliphatic rings. The van der Waals surface area contributed by atoms with Crippen LogP contribution in [0.5, 0.6) is 0 Å². The van der Waals surface area contributed by atoms with Gasteiger partial charge in [-0.25, -0.2) is 0 Å². The number of ether oxygens (including phenoxy) is 1. The van der Waals surface area contributed by atoms with Crippen LogP contribution in [0.15, 0.2) is 0 Å². The summed E-state index contributed by atoms with van der Waals surface area (Å²) in [5.41, 5.74) is 0. The van der Waals surface area contributed by atoms with E-state index in [1.54, 1.807) is 0 Å². The summed E-state index contributed by atoms with van der Waals surface area (Å²) in [4.78, 5) is 11.3. The predicted octanol–water partition coefficient (Wildman–Crippen LogP) is 1.82. The first-order valence-electron chi connectivity index (χ1n) is 5.30. The Hall–Kier alpha value is -0.570. The summed E-state index contributed by atoms with van der Waals surface area (Å²) in [6, 6.07) is -0.168. The van der Waals surface area contributed by atoms with Crippen molar-refractivity contribution < 1.29 is 9.53 Å². The molecule has 0 amide bonds. The lowest BCUT2D eigenvalue weighted by molar-refractivity contribution is -0.144. The smallest absolute Gasteiger partial charge is 0.323 e. The van der Waals surface area contributed by atoms with Gasteiger partial charge in [-0.2, -0.15) is 0 Å². The standard InChI is InChI=1S/C11H23NO2/c1-8(2)6-7-12-10(9(3)4)11(13)14-5/h8-10,12H,6-7H2,1-5H3/t10-/m1/s1. The number of rotatable bonds is 6. The van der Waals surface area contributed by atoms with Crippen molar-refractivity contribution in [2.24, 2.45) is 11.8 Å². The summed E-state index contributed by atoms with van der Waals surface area (Å²) in [5.74, 6) is 0.770. The fourth-order valence-electron chi connectivity index (χ4n) is 1.25. The third-order valence-electron chi connectivity index (χ3n) is 2.21. The molecule has 0 rings (SSSR count). The molecule has 1 atom stereocenters. The van der Waals surface area contributed by atoms with Gasteiger partial charge < -0.3 is 10.1 Å². The topological polar surface area (TPSA) is 38.3 Å². The Balaban J connectivity index is 3.92. The zero-order chi connectivity index (χ0) is 11.1. The lowest BCUT2D eigenvalue weighted by atomic mass is 10.0. The van der Waals surface area contributed by atoms with Crippen LogP contribution < -0.4 is 5.32 Å². The minimum Gasteiger partial charge on any atom is -0.468 e. The first-order valence-corrected chi connectivity index (χ1v) is 5.30. The fourth-order valence-corrected chi connectivity index (χ4v) is 1.25. The third-order valence-corrected chi connectivity index (χ3v) is 2.21. The van der Waals surface area contributed by atoms with Gasteiger partial charge >= 0.3 is 5.97 Å². The van der Waals surface area contributed by atoms with Gasteiger partial charge in [0.2, 0.25) is 0 Å². The molecule has 0 bridgehead atoms. The van der Waals surface area contributed by atoms with Crippen LogP contribution in [0.2, 0.25) is 0 Å². The van der Waals surface area contributed by atoms with Gasteiger partial charge in [0, 0.05) is 0 Å². The molecule has 0 saturated heterocycles. The molecule has 0 spiro atoms. The molecule has 0 unspecified atom stereocenters. The van der Waals surface area contributed by atoms with Crippen molar-refractivity contribution in [3.05, 3.63) is 0 Å². The molecule has 0 aromatic rings. The highest BCUT2D eigenvalue weighted by Gasteiger charge is 2.21. The minimum atomic E-state index is -0.168. The van der Waals surface area contributed by atoms with Crippen molar-refractivity contribution in [3.8, 4) is 0 Å². The predicted molar refractivity (Wildman–Crippen MR) is 58.1 cm³/mol. The van der Waals surface area contributed by atoms with E-state index in [4.69, 9.17) is 4.74 Å². The molecule has 0 aromatic carbocycles. The largest absolute Gasteiger partial charge is 0.468 e. The van der Waals surface area contributed by atoms with Gasteiger partial charge in [-0.1, -0.05) is 27.7 Å². The highest BCUT2D eigenvalue weighted by molar-refractivity contribution is 5.75. The van der Waals surface area contributed by atoms with Crippen LogP contribution in [-0.2, 0) is 9.53 Å². The van der Waals surface area contributed by atoms with Gasteiger partial charge in [-0.15, -0.1) is 0 Å². The molecule has 0 aromatic heterocycles. The number of methoxy groups -OCH3 is 1. The van der Waals surface area contributed by atoms with Crippen LogP contribution in [0, 0.1) is 11.8 Å². The van der Waals surface area contributed by atoms with Crippen molar-refractivity contribution in [2.45, 2.75) is 40.2 Å². The summed E-state index contributed by atoms with van der Waals surface area (Å²) >= 11 is 0. The van der Waals surface area contributed by atoms with Crippen molar-refractivity contribution in [3.63, 3.8) is 0 Å². The highest BCUT2D eigenvalue weighted by atomic mass is 16.5. The Bertz CT molecular complexity index is 167. The van der Waals surface area contributed by atoms with Crippen molar-refractivity contribution in [1.82, 2.24) is 5.32 Å². The number of carbonyl (C=O) groups excluding carboxylic acids is 1. The third kappa shape index (κ3) is 5.22. The summed E-state index contributed by atoms with van der Waals surface area (Å²) in [6.07, 6.45) is 1.08. The summed E-state index contributed by atoms with van der Waals surface area (Å²) in [7, 11) is 1.43. The number of carbonyl (C=O) groups is 1. The van der Waals surface area contributed by atoms with Gasteiger partial charge in [-0.05, 0) is 24.8 Å². The molecule has 0 fully saturated rings. The van der Waals surface area contributed by atoms with Gasteiger partial charge in [-0.3, -0.25) is 4.79 Å². The minimum absolute atomic E-state index is 0.163. The lowest BCUT2D eigenvalue weighted by Gasteiger charge is -2.20. The van der Waals surface area contributed by atoms with Crippen molar-refractivity contribution >= 4 is 5.97 Å². The van der Waals surface area contributed by atoms with E-state index in [0.717, 1.165) is 13.0 Å². The second kappa shape index (κ2) is 6.82. The van der Waals surface area contributed by atoms with E-state index in [2.05, 4.69) is 19.2 Å². The Kier molecular flexibility index (Phi) is 6.54. The van der Waals surface area contributed by atoms with Crippen LogP contribution in [-0.4, -0.2) is 25.7 Å². The normalized spacial score (nSPS) is 13.4. The Morgan fingerprint density at radius 2 is 1.86 bits per heavy atom. The van der Waals surface area contributed by atoms with E-state index >= 15 is 0 Å². The maximum atomic E-state index is 11.3. The highest BCUT2D eigenvalue weighted by Crippen LogP contribution is 2.04. The van der Waals surface area contributed by atoms with Crippen molar-refractivity contribution in [2.75, 3.05) is 13.7 Å². The monoisotopic (exact) mass is 201 g/mol. The quantitative estimate of drug-likeness (QED) is 0.666. The molecular formula is C11H23NO2. The Morgan fingerprint density at radius 1 is 1.29 bits per heavy atom. The average Bonchev–Trinajstić information content (AvgIpc) is 2.10. The lowest BCUT2D eigenvalue weighted by Crippen LogP contribution is -2.42. The molecule has 0 aliphatic heterocycles. The van der Waals surface area contributed by atoms with Gasteiger partial charge in [0.1, 0.15) is 6.04 Å². The van der Waals surface area contributed by atoms with Gasteiger partial charge in [0.05, 0.1) is 7.11 Å². The SMILES string of the molecule is COC(=O)[C@H](NCCC(C)C)C(C)C. The fraction of sp³-hybridized carbons (Fsp3) is 0.909. The molecule has 0 saturated carbocycles. The summed E-state index contributed by atoms with van der Waals surface area (Å²) in [6.45, 7) is 9.25. The Morgan fingerprint density at radius 3 is 2.21 bits per heavy atom. The first kappa shape index (κ1) is 13.4. The van der Waals surface area contributed by atoms with Crippen LogP contribution >= 0.6 is 0 Å². The zero-order valence-corrected chi connectivity index (χ0v) is 9.96. The Labute approximate surface area is 87.2 Å². The van der Waals surface area contributed by atoms with E-state index in [9.17, 15) is 4.79 Å². The number of hydrogen-bond donors (Lipinski definition) is 1. The van der Waals surface area contributed by atoms with E-state index in [1.165, 1.54) is 7.11 Å². The number of hydrogen-bond acceptors (Lipinski definition) is 3. The molecular weight excluding hydrogens is 178 g/mol. The first-order chi connectivity index (χ1) is 6.49. The van der Waals surface area contributed by atoms with Gasteiger partial charge in [0.15, 0.2) is 0 Å². The van der Waals surface area contributed by atoms with Gasteiger partial charge in [0.25, 0.3) is 0 Å². The zero-order valence-electron chi connectivity index (χ0n) is 9.96. The molecule has 0 radical (unpaired) electrons. The number of nitrogens with one attached hydrogen (secondary N) is 1. The molecule has 3 nitrogen and oxygen atoms in total. The summed E-state index contributed by atoms with van der Waals surface area (Å²) in [5, 5.41) is 3.23. The molecule has 84 valence electrons.